The minimum absolute atomic E-state index is 0.0407. The lowest BCUT2D eigenvalue weighted by molar-refractivity contribution is -0.137. The van der Waals surface area contributed by atoms with Gasteiger partial charge in [0.2, 0.25) is 0 Å². The molecule has 3 heterocycles. The molecule has 4 aromatic rings. The number of nitrogens with zero attached hydrogens (tertiary/aromatic N) is 2. The smallest absolute Gasteiger partial charge is 0.319 e. The maximum atomic E-state index is 14.8. The fraction of sp³-hybridized carbons (Fsp3) is 0.259. The number of hydrogen-bond donors (Lipinski definition) is 4. The molecule has 11 heteroatoms. The van der Waals surface area contributed by atoms with E-state index in [-0.39, 0.29) is 24.2 Å². The van der Waals surface area contributed by atoms with E-state index < -0.39 is 11.8 Å². The van der Waals surface area contributed by atoms with Gasteiger partial charge < -0.3 is 25.8 Å². The number of halogens is 1. The van der Waals surface area contributed by atoms with Crippen LogP contribution in [0.3, 0.4) is 0 Å². The zero-order chi connectivity index (χ0) is 26.5. The van der Waals surface area contributed by atoms with Crippen LogP contribution in [0.5, 0.6) is 11.5 Å². The summed E-state index contributed by atoms with van der Waals surface area (Å²) in [4.78, 5) is 32.4. The van der Waals surface area contributed by atoms with Crippen LogP contribution in [0, 0.1) is 5.82 Å². The summed E-state index contributed by atoms with van der Waals surface area (Å²) in [5, 5.41) is 17.3. The number of carboxylic acid groups (broad SMARTS) is 1. The molecule has 0 atom stereocenters. The highest BCUT2D eigenvalue weighted by atomic mass is 32.1. The zero-order valence-corrected chi connectivity index (χ0v) is 21.2. The molecule has 0 bridgehead atoms. The van der Waals surface area contributed by atoms with Crippen LogP contribution < -0.4 is 20.7 Å². The topological polar surface area (TPSA) is 125 Å². The molecular formula is C27H26FN5O4S. The molecule has 1 saturated carbocycles. The molecule has 3 aromatic heterocycles. The van der Waals surface area contributed by atoms with Gasteiger partial charge in [0, 0.05) is 49.2 Å². The predicted molar refractivity (Wildman–Crippen MR) is 143 cm³/mol. The Kier molecular flexibility index (Phi) is 7.75. The number of anilines is 1. The van der Waals surface area contributed by atoms with Crippen LogP contribution in [-0.2, 0) is 11.3 Å². The number of carbonyl (C=O) groups is 2. The molecule has 9 nitrogen and oxygen atoms in total. The number of fused-ring (bicyclic) bond motifs is 1. The standard InChI is InChI=1S/C27H26FN5O4S/c28-19-12-18(33-27(36)32-17-4-5-17)6-8-22(19)37-23-9-11-30-21-13-24(38-26(21)23)20-7-3-16(15-31-20)14-29-10-1-2-25(34)35/h3,6-9,11-13,15,17,29H,1-2,4-5,10,14H2,(H,34,35)(H2,32,33,36). The first-order chi connectivity index (χ1) is 18.4. The Labute approximate surface area is 222 Å². The molecule has 1 aliphatic carbocycles. The summed E-state index contributed by atoms with van der Waals surface area (Å²) >= 11 is 1.45. The molecule has 0 spiro atoms. The number of amides is 2. The third kappa shape index (κ3) is 6.61. The lowest BCUT2D eigenvalue weighted by Gasteiger charge is -2.10. The van der Waals surface area contributed by atoms with E-state index >= 15 is 0 Å². The van der Waals surface area contributed by atoms with Gasteiger partial charge >= 0.3 is 12.0 Å². The number of aliphatic carboxylic acids is 1. The number of benzene rings is 1. The van der Waals surface area contributed by atoms with E-state index in [1.165, 1.54) is 23.5 Å². The maximum absolute atomic E-state index is 14.8. The molecule has 2 amide bonds. The first kappa shape index (κ1) is 25.6. The van der Waals surface area contributed by atoms with Crippen molar-refractivity contribution in [3.63, 3.8) is 0 Å². The Morgan fingerprint density at radius 2 is 1.97 bits per heavy atom. The van der Waals surface area contributed by atoms with E-state index in [1.807, 2.05) is 18.2 Å². The minimum atomic E-state index is -0.797. The summed E-state index contributed by atoms with van der Waals surface area (Å²) in [6.45, 7) is 1.22. The van der Waals surface area contributed by atoms with Crippen molar-refractivity contribution >= 4 is 39.2 Å². The summed E-state index contributed by atoms with van der Waals surface area (Å²) in [7, 11) is 0. The number of carbonyl (C=O) groups excluding carboxylic acids is 1. The quantitative estimate of drug-likeness (QED) is 0.186. The van der Waals surface area contributed by atoms with Crippen molar-refractivity contribution in [1.82, 2.24) is 20.6 Å². The summed E-state index contributed by atoms with van der Waals surface area (Å²) < 4.78 is 21.5. The predicted octanol–water partition coefficient (Wildman–Crippen LogP) is 5.53. The molecule has 38 heavy (non-hydrogen) atoms. The van der Waals surface area contributed by atoms with E-state index in [9.17, 15) is 14.0 Å². The van der Waals surface area contributed by atoms with Crippen LogP contribution >= 0.6 is 11.3 Å². The number of rotatable bonds is 11. The highest BCUT2D eigenvalue weighted by molar-refractivity contribution is 7.22. The molecule has 1 aromatic carbocycles. The van der Waals surface area contributed by atoms with Crippen molar-refractivity contribution in [1.29, 1.82) is 0 Å². The van der Waals surface area contributed by atoms with Gasteiger partial charge in [0.15, 0.2) is 11.6 Å². The van der Waals surface area contributed by atoms with Gasteiger partial charge in [0.25, 0.3) is 0 Å². The number of hydrogen-bond acceptors (Lipinski definition) is 7. The fourth-order valence-electron chi connectivity index (χ4n) is 3.75. The summed E-state index contributed by atoms with van der Waals surface area (Å²) in [5.74, 6) is -0.877. The number of thiophene rings is 1. The normalized spacial score (nSPS) is 12.9. The van der Waals surface area contributed by atoms with Crippen LogP contribution in [0.4, 0.5) is 14.9 Å². The summed E-state index contributed by atoms with van der Waals surface area (Å²) in [6.07, 6.45) is 6.04. The minimum Gasteiger partial charge on any atom is -0.481 e. The van der Waals surface area contributed by atoms with Crippen molar-refractivity contribution in [2.45, 2.75) is 38.3 Å². The molecule has 5 rings (SSSR count). The van der Waals surface area contributed by atoms with E-state index in [4.69, 9.17) is 9.84 Å². The van der Waals surface area contributed by atoms with Gasteiger partial charge in [-0.15, -0.1) is 11.3 Å². The fourth-order valence-corrected chi connectivity index (χ4v) is 4.80. The van der Waals surface area contributed by atoms with Gasteiger partial charge in [-0.3, -0.25) is 14.8 Å². The number of urea groups is 1. The third-order valence-corrected chi connectivity index (χ3v) is 7.01. The van der Waals surface area contributed by atoms with Crippen LogP contribution in [0.25, 0.3) is 20.8 Å². The Morgan fingerprint density at radius 1 is 1.11 bits per heavy atom. The third-order valence-electron chi connectivity index (χ3n) is 5.85. The molecule has 0 unspecified atom stereocenters. The van der Waals surface area contributed by atoms with Crippen molar-refractivity contribution in [2.75, 3.05) is 11.9 Å². The van der Waals surface area contributed by atoms with E-state index in [0.717, 1.165) is 33.7 Å². The molecular weight excluding hydrogens is 509 g/mol. The molecule has 1 aliphatic rings. The Bertz CT molecular complexity index is 1460. The first-order valence-corrected chi connectivity index (χ1v) is 13.1. The van der Waals surface area contributed by atoms with Crippen LogP contribution in [-0.4, -0.2) is 39.7 Å². The number of aromatic nitrogens is 2. The number of ether oxygens (including phenoxy) is 1. The number of nitrogens with one attached hydrogen (secondary N) is 3. The average molecular weight is 536 g/mol. The van der Waals surface area contributed by atoms with Crippen LogP contribution in [0.15, 0.2) is 54.9 Å². The van der Waals surface area contributed by atoms with Crippen molar-refractivity contribution < 1.29 is 23.8 Å². The second kappa shape index (κ2) is 11.5. The number of pyridine rings is 2. The SMILES string of the molecule is O=C(O)CCCNCc1ccc(-c2cc3nccc(Oc4ccc(NC(=O)NC5CC5)cc4F)c3s2)nc1. The van der Waals surface area contributed by atoms with Gasteiger partial charge in [0.05, 0.1) is 20.8 Å². The highest BCUT2D eigenvalue weighted by Gasteiger charge is 2.23. The van der Waals surface area contributed by atoms with Crippen molar-refractivity contribution in [2.24, 2.45) is 0 Å². The molecule has 0 aliphatic heterocycles. The summed E-state index contributed by atoms with van der Waals surface area (Å²) in [5.41, 5.74) is 2.82. The highest BCUT2D eigenvalue weighted by Crippen LogP contribution is 2.39. The molecule has 0 saturated heterocycles. The van der Waals surface area contributed by atoms with Gasteiger partial charge in [-0.25, -0.2) is 9.18 Å². The van der Waals surface area contributed by atoms with Crippen LogP contribution in [0.1, 0.15) is 31.2 Å². The summed E-state index contributed by atoms with van der Waals surface area (Å²) in [6, 6.07) is 11.7. The van der Waals surface area contributed by atoms with E-state index in [1.54, 1.807) is 24.5 Å². The monoisotopic (exact) mass is 535 g/mol. The van der Waals surface area contributed by atoms with Crippen LogP contribution in [0.2, 0.25) is 0 Å². The first-order valence-electron chi connectivity index (χ1n) is 12.3. The molecule has 1 fully saturated rings. The average Bonchev–Trinajstić information content (AvgIpc) is 3.59. The van der Waals surface area contributed by atoms with E-state index in [2.05, 4.69) is 25.9 Å². The lowest BCUT2D eigenvalue weighted by Crippen LogP contribution is -2.30. The van der Waals surface area contributed by atoms with Gasteiger partial charge in [0.1, 0.15) is 5.75 Å². The second-order valence-electron chi connectivity index (χ2n) is 8.98. The van der Waals surface area contributed by atoms with Gasteiger partial charge in [-0.2, -0.15) is 0 Å². The Morgan fingerprint density at radius 3 is 2.71 bits per heavy atom. The van der Waals surface area contributed by atoms with Gasteiger partial charge in [-0.1, -0.05) is 6.07 Å². The van der Waals surface area contributed by atoms with Crippen molar-refractivity contribution in [3.8, 4) is 22.1 Å². The second-order valence-corrected chi connectivity index (χ2v) is 10.0. The molecule has 4 N–H and O–H groups in total. The van der Waals surface area contributed by atoms with Crippen molar-refractivity contribution in [3.05, 3.63) is 66.2 Å². The zero-order valence-electron chi connectivity index (χ0n) is 20.4. The maximum Gasteiger partial charge on any atom is 0.319 e. The number of carboxylic acids is 1. The Hall–Kier alpha value is -4.09. The van der Waals surface area contributed by atoms with Gasteiger partial charge in [-0.05, 0) is 55.6 Å². The Balaban J connectivity index is 1.25. The molecule has 0 radical (unpaired) electrons. The lowest BCUT2D eigenvalue weighted by atomic mass is 10.2. The van der Waals surface area contributed by atoms with E-state index in [0.29, 0.717) is 36.5 Å². The largest absolute Gasteiger partial charge is 0.481 e. The molecule has 196 valence electrons.